The predicted octanol–water partition coefficient (Wildman–Crippen LogP) is 1.21. The second kappa shape index (κ2) is 5.88. The van der Waals surface area contributed by atoms with Crippen molar-refractivity contribution in [3.63, 3.8) is 0 Å². The Hall–Kier alpha value is -1.82. The number of nitrogens with two attached hydrogens (primary N) is 1. The molecule has 5 nitrogen and oxygen atoms in total. The van der Waals surface area contributed by atoms with Gasteiger partial charge in [0.2, 0.25) is 0 Å². The number of carbonyl (C=O) groups excluding carboxylic acids is 1. The zero-order valence-corrected chi connectivity index (χ0v) is 11.5. The van der Waals surface area contributed by atoms with Crippen molar-refractivity contribution in [3.05, 3.63) is 23.8 Å². The number of amides is 1. The van der Waals surface area contributed by atoms with Crippen LogP contribution in [0.25, 0.3) is 0 Å². The summed E-state index contributed by atoms with van der Waals surface area (Å²) in [5, 5.41) is 0. The number of fused-ring (bicyclic) bond motifs is 1. The summed E-state index contributed by atoms with van der Waals surface area (Å²) in [5.41, 5.74) is 5.99. The monoisotopic (exact) mass is 280 g/mol. The van der Waals surface area contributed by atoms with E-state index in [1.807, 2.05) is 0 Å². The van der Waals surface area contributed by atoms with Gasteiger partial charge in [0.05, 0.1) is 4.99 Å². The highest BCUT2D eigenvalue weighted by Crippen LogP contribution is 2.30. The maximum atomic E-state index is 12.2. The van der Waals surface area contributed by atoms with Crippen LogP contribution in [0.3, 0.4) is 0 Å². The summed E-state index contributed by atoms with van der Waals surface area (Å²) in [4.78, 5) is 14.2. The summed E-state index contributed by atoms with van der Waals surface area (Å²) in [5.74, 6) is 1.20. The van der Waals surface area contributed by atoms with Crippen molar-refractivity contribution < 1.29 is 14.3 Å². The predicted molar refractivity (Wildman–Crippen MR) is 75.8 cm³/mol. The van der Waals surface area contributed by atoms with Crippen molar-refractivity contribution in [1.82, 2.24) is 4.90 Å². The van der Waals surface area contributed by atoms with Gasteiger partial charge in [-0.05, 0) is 18.2 Å². The molecule has 1 aromatic carbocycles. The number of hydrogen-bond donors (Lipinski definition) is 1. The Balaban J connectivity index is 2.08. The lowest BCUT2D eigenvalue weighted by Crippen LogP contribution is -2.30. The van der Waals surface area contributed by atoms with Crippen molar-refractivity contribution in [2.45, 2.75) is 6.42 Å². The molecule has 0 saturated carbocycles. The lowest BCUT2D eigenvalue weighted by molar-refractivity contribution is 0.0798. The van der Waals surface area contributed by atoms with E-state index in [9.17, 15) is 4.79 Å². The van der Waals surface area contributed by atoms with Gasteiger partial charge in [0.15, 0.2) is 11.5 Å². The van der Waals surface area contributed by atoms with Gasteiger partial charge in [0.25, 0.3) is 5.91 Å². The highest BCUT2D eigenvalue weighted by molar-refractivity contribution is 7.80. The minimum Gasteiger partial charge on any atom is -0.486 e. The first-order chi connectivity index (χ1) is 9.08. The topological polar surface area (TPSA) is 64.8 Å². The number of benzene rings is 1. The highest BCUT2D eigenvalue weighted by Gasteiger charge is 2.17. The maximum absolute atomic E-state index is 12.2. The fraction of sp³-hybridized carbons (Fsp3) is 0.385. The van der Waals surface area contributed by atoms with Gasteiger partial charge in [-0.1, -0.05) is 12.2 Å². The molecule has 0 radical (unpaired) electrons. The van der Waals surface area contributed by atoms with Gasteiger partial charge in [-0.15, -0.1) is 0 Å². The summed E-state index contributed by atoms with van der Waals surface area (Å²) >= 11 is 4.80. The third-order valence-electron chi connectivity index (χ3n) is 2.83. The molecule has 1 amide bonds. The number of thiocarbonyl (C=S) groups is 1. The van der Waals surface area contributed by atoms with E-state index in [4.69, 9.17) is 27.4 Å². The summed E-state index contributed by atoms with van der Waals surface area (Å²) in [7, 11) is 1.72. The molecule has 0 atom stereocenters. The second-order valence-corrected chi connectivity index (χ2v) is 4.83. The van der Waals surface area contributed by atoms with Gasteiger partial charge in [0, 0.05) is 25.6 Å². The molecule has 0 fully saturated rings. The molecule has 0 spiro atoms. The molecular weight excluding hydrogens is 264 g/mol. The number of hydrogen-bond acceptors (Lipinski definition) is 4. The lowest BCUT2D eigenvalue weighted by atomic mass is 10.1. The Labute approximate surface area is 117 Å². The minimum atomic E-state index is -0.0896. The third kappa shape index (κ3) is 3.35. The number of ether oxygens (including phenoxy) is 2. The molecule has 1 aliphatic rings. The quantitative estimate of drug-likeness (QED) is 0.840. The van der Waals surface area contributed by atoms with Crippen molar-refractivity contribution >= 4 is 23.1 Å². The van der Waals surface area contributed by atoms with Crippen molar-refractivity contribution in [2.24, 2.45) is 5.73 Å². The first-order valence-electron chi connectivity index (χ1n) is 6.01. The van der Waals surface area contributed by atoms with Gasteiger partial charge in [-0.2, -0.15) is 0 Å². The molecule has 6 heteroatoms. The SMILES string of the molecule is CN(CCC(N)=S)C(=O)c1ccc2c(c1)OCCO2. The van der Waals surface area contributed by atoms with Crippen LogP contribution in [0.2, 0.25) is 0 Å². The molecule has 102 valence electrons. The molecule has 1 aromatic rings. The number of carbonyl (C=O) groups is 1. The zero-order valence-electron chi connectivity index (χ0n) is 10.7. The van der Waals surface area contributed by atoms with Gasteiger partial charge in [-0.25, -0.2) is 0 Å². The normalized spacial score (nSPS) is 12.9. The Morgan fingerprint density at radius 1 is 1.37 bits per heavy atom. The zero-order chi connectivity index (χ0) is 13.8. The maximum Gasteiger partial charge on any atom is 0.253 e. The molecule has 0 aliphatic carbocycles. The molecule has 19 heavy (non-hydrogen) atoms. The molecule has 1 heterocycles. The molecule has 0 bridgehead atoms. The van der Waals surface area contributed by atoms with Gasteiger partial charge in [-0.3, -0.25) is 4.79 Å². The average Bonchev–Trinajstić information content (AvgIpc) is 2.43. The number of nitrogens with zero attached hydrogens (tertiary/aromatic N) is 1. The van der Waals surface area contributed by atoms with Crippen LogP contribution in [-0.4, -0.2) is 42.6 Å². The summed E-state index contributed by atoms with van der Waals surface area (Å²) in [6.07, 6.45) is 0.516. The number of rotatable bonds is 4. The molecular formula is C13H16N2O3S. The van der Waals surface area contributed by atoms with E-state index in [0.717, 1.165) is 0 Å². The van der Waals surface area contributed by atoms with E-state index >= 15 is 0 Å². The Morgan fingerprint density at radius 3 is 2.74 bits per heavy atom. The van der Waals surface area contributed by atoms with E-state index in [2.05, 4.69) is 0 Å². The molecule has 2 N–H and O–H groups in total. The first-order valence-corrected chi connectivity index (χ1v) is 6.42. The highest BCUT2D eigenvalue weighted by atomic mass is 32.1. The fourth-order valence-electron chi connectivity index (χ4n) is 1.78. The Morgan fingerprint density at radius 2 is 2.05 bits per heavy atom. The van der Waals surface area contributed by atoms with Crippen LogP contribution in [0, 0.1) is 0 Å². The standard InChI is InChI=1S/C13H16N2O3S/c1-15(5-4-12(14)19)13(16)9-2-3-10-11(8-9)18-7-6-17-10/h2-3,8H,4-7H2,1H3,(H2,14,19). The second-order valence-electron chi connectivity index (χ2n) is 4.30. The van der Waals surface area contributed by atoms with Crippen molar-refractivity contribution in [1.29, 1.82) is 0 Å². The van der Waals surface area contributed by atoms with Crippen LogP contribution in [-0.2, 0) is 0 Å². The lowest BCUT2D eigenvalue weighted by Gasteiger charge is -2.20. The van der Waals surface area contributed by atoms with E-state index < -0.39 is 0 Å². The third-order valence-corrected chi connectivity index (χ3v) is 3.03. The van der Waals surface area contributed by atoms with E-state index in [-0.39, 0.29) is 5.91 Å². The van der Waals surface area contributed by atoms with E-state index in [0.29, 0.717) is 48.2 Å². The Bertz CT molecular complexity index is 505. The van der Waals surface area contributed by atoms with Gasteiger partial charge >= 0.3 is 0 Å². The molecule has 2 rings (SSSR count). The molecule has 1 aliphatic heterocycles. The smallest absolute Gasteiger partial charge is 0.253 e. The largest absolute Gasteiger partial charge is 0.486 e. The molecule has 0 unspecified atom stereocenters. The van der Waals surface area contributed by atoms with Crippen LogP contribution in [0.15, 0.2) is 18.2 Å². The van der Waals surface area contributed by atoms with Crippen LogP contribution >= 0.6 is 12.2 Å². The minimum absolute atomic E-state index is 0.0896. The molecule has 0 saturated heterocycles. The van der Waals surface area contributed by atoms with Gasteiger partial charge < -0.3 is 20.1 Å². The van der Waals surface area contributed by atoms with E-state index in [1.165, 1.54) is 0 Å². The van der Waals surface area contributed by atoms with Crippen molar-refractivity contribution in [2.75, 3.05) is 26.8 Å². The van der Waals surface area contributed by atoms with Crippen LogP contribution in [0.1, 0.15) is 16.8 Å². The van der Waals surface area contributed by atoms with Crippen LogP contribution in [0.4, 0.5) is 0 Å². The summed E-state index contributed by atoms with van der Waals surface area (Å²) in [6, 6.07) is 5.18. The van der Waals surface area contributed by atoms with Gasteiger partial charge in [0.1, 0.15) is 13.2 Å². The fourth-order valence-corrected chi connectivity index (χ4v) is 1.87. The van der Waals surface area contributed by atoms with Crippen LogP contribution in [0.5, 0.6) is 11.5 Å². The van der Waals surface area contributed by atoms with Crippen LogP contribution < -0.4 is 15.2 Å². The van der Waals surface area contributed by atoms with Crippen molar-refractivity contribution in [3.8, 4) is 11.5 Å². The summed E-state index contributed by atoms with van der Waals surface area (Å²) in [6.45, 7) is 1.54. The van der Waals surface area contributed by atoms with E-state index in [1.54, 1.807) is 30.1 Å². The first kappa shape index (κ1) is 13.6. The molecule has 0 aromatic heterocycles. The summed E-state index contributed by atoms with van der Waals surface area (Å²) < 4.78 is 10.9. The average molecular weight is 280 g/mol. The Kier molecular flexibility index (Phi) is 4.21.